The molecule has 0 saturated carbocycles. The van der Waals surface area contributed by atoms with Gasteiger partial charge in [-0.3, -0.25) is 14.4 Å². The van der Waals surface area contributed by atoms with Crippen LogP contribution in [0.5, 0.6) is 0 Å². The Bertz CT molecular complexity index is 1690. The van der Waals surface area contributed by atoms with E-state index in [1.165, 1.54) is 0 Å². The van der Waals surface area contributed by atoms with Gasteiger partial charge in [0, 0.05) is 53.2 Å². The number of hydrogen-bond acceptors (Lipinski definition) is 5. The number of hydrogen-bond donors (Lipinski definition) is 1. The summed E-state index contributed by atoms with van der Waals surface area (Å²) in [5.74, 6) is -0.988. The fraction of sp³-hybridized carbons (Fsp3) is 0.432. The zero-order valence-corrected chi connectivity index (χ0v) is 30.3. The summed E-state index contributed by atoms with van der Waals surface area (Å²) in [7, 11) is -3.50. The van der Waals surface area contributed by atoms with Gasteiger partial charge in [0.05, 0.1) is 31.4 Å². The normalized spacial score (nSPS) is 24.0. The zero-order chi connectivity index (χ0) is 34.2. The number of piperidine rings is 1. The van der Waals surface area contributed by atoms with Crippen LogP contribution < -0.4 is 9.80 Å². The predicted octanol–water partition coefficient (Wildman–Crippen LogP) is 6.70. The van der Waals surface area contributed by atoms with E-state index in [1.54, 1.807) is 22.9 Å². The van der Waals surface area contributed by atoms with Gasteiger partial charge in [-0.05, 0) is 67.4 Å². The molecule has 2 fully saturated rings. The predicted molar refractivity (Wildman–Crippen MR) is 190 cm³/mol. The summed E-state index contributed by atoms with van der Waals surface area (Å²) in [5.41, 5.74) is 1.82. The molecule has 0 bridgehead atoms. The molecule has 3 heterocycles. The first-order chi connectivity index (χ1) is 22.9. The molecule has 3 aliphatic heterocycles. The molecule has 1 N–H and O–H groups in total. The van der Waals surface area contributed by atoms with Crippen molar-refractivity contribution >= 4 is 53.4 Å². The van der Waals surface area contributed by atoms with Gasteiger partial charge in [-0.1, -0.05) is 65.3 Å². The molecule has 3 aliphatic rings. The first-order valence-corrected chi connectivity index (χ1v) is 20.5. The lowest BCUT2D eigenvalue weighted by molar-refractivity contribution is -0.150. The van der Waals surface area contributed by atoms with Crippen molar-refractivity contribution in [1.82, 2.24) is 4.90 Å². The highest BCUT2D eigenvalue weighted by Gasteiger charge is 2.67. The quantitative estimate of drug-likeness (QED) is 0.185. The van der Waals surface area contributed by atoms with Crippen LogP contribution in [0.15, 0.2) is 77.3 Å². The second kappa shape index (κ2) is 13.9. The number of benzene rings is 3. The highest BCUT2D eigenvalue weighted by molar-refractivity contribution is 9.10. The van der Waals surface area contributed by atoms with Gasteiger partial charge in [0.2, 0.25) is 20.2 Å². The number of fused-ring (bicyclic) bond motifs is 2. The van der Waals surface area contributed by atoms with Crippen molar-refractivity contribution in [2.75, 3.05) is 29.5 Å². The molecule has 3 aromatic carbocycles. The largest absolute Gasteiger partial charge is 0.395 e. The summed E-state index contributed by atoms with van der Waals surface area (Å²) in [6.45, 7) is 6.26. The van der Waals surface area contributed by atoms with Crippen LogP contribution in [0, 0.1) is 5.92 Å². The number of rotatable bonds is 10. The fourth-order valence-corrected chi connectivity index (χ4v) is 10.8. The Morgan fingerprint density at radius 1 is 1.06 bits per heavy atom. The van der Waals surface area contributed by atoms with Gasteiger partial charge >= 0.3 is 0 Å². The van der Waals surface area contributed by atoms with E-state index in [-0.39, 0.29) is 43.8 Å². The summed E-state index contributed by atoms with van der Waals surface area (Å²) in [5, 5.41) is 9.79. The molecule has 254 valence electrons. The second-order valence-electron chi connectivity index (χ2n) is 13.7. The summed E-state index contributed by atoms with van der Waals surface area (Å²) in [4.78, 5) is 46.4. The monoisotopic (exact) mass is 735 g/mol. The number of halogens is 2. The van der Waals surface area contributed by atoms with Crippen LogP contribution in [0.2, 0.25) is 18.6 Å². The maximum Gasteiger partial charge on any atom is 0.264 e. The third-order valence-electron chi connectivity index (χ3n) is 10.1. The van der Waals surface area contributed by atoms with Crippen LogP contribution >= 0.6 is 15.9 Å². The van der Waals surface area contributed by atoms with Crippen molar-refractivity contribution < 1.29 is 28.3 Å². The Morgan fingerprint density at radius 2 is 1.81 bits per heavy atom. The van der Waals surface area contributed by atoms with Gasteiger partial charge in [-0.15, -0.1) is 0 Å². The lowest BCUT2D eigenvalue weighted by Crippen LogP contribution is -2.45. The van der Waals surface area contributed by atoms with E-state index in [9.17, 15) is 19.5 Å². The number of nitrogens with zero attached hydrogens (tertiary/aromatic N) is 3. The molecule has 11 heteroatoms. The van der Waals surface area contributed by atoms with Gasteiger partial charge in [-0.25, -0.2) is 0 Å². The molecule has 3 aromatic rings. The number of amides is 3. The van der Waals surface area contributed by atoms with Crippen LogP contribution in [0.25, 0.3) is 0 Å². The van der Waals surface area contributed by atoms with Crippen LogP contribution in [0.1, 0.15) is 49.3 Å². The highest BCUT2D eigenvalue weighted by Crippen LogP contribution is 2.60. The van der Waals surface area contributed by atoms with E-state index in [0.717, 1.165) is 34.1 Å². The molecule has 2 saturated heterocycles. The van der Waals surface area contributed by atoms with Crippen molar-refractivity contribution in [3.8, 4) is 0 Å². The number of aliphatic hydroxyl groups is 1. The summed E-state index contributed by atoms with van der Waals surface area (Å²) >= 11 is 3.59. The van der Waals surface area contributed by atoms with Crippen molar-refractivity contribution in [2.45, 2.75) is 76.0 Å². The topological polar surface area (TPSA) is 90.4 Å². The van der Waals surface area contributed by atoms with Crippen LogP contribution in [0.3, 0.4) is 0 Å². The van der Waals surface area contributed by atoms with E-state index < -0.39 is 31.6 Å². The standard InChI is InChI=1S/C37H43BrFN3O5Si/c1-25-35(48(2,3)39)32(22-34(45)40(18-19-43)23-26-10-5-4-6-11-26)47-37(25)30-21-28(38)15-16-31(30)42(36(37)46)24-27-12-9-13-29(20-27)41-17-8-7-14-33(41)44/h4-6,9-13,15-16,20-21,25,32,35,43H,7-8,14,17-19,22-24H2,1-3H3/t25-,32+,35-,37+/m1/s1. The Morgan fingerprint density at radius 3 is 2.52 bits per heavy atom. The number of carbonyl (C=O) groups is 3. The third-order valence-corrected chi connectivity index (χ3v) is 13.1. The van der Waals surface area contributed by atoms with E-state index in [0.29, 0.717) is 30.8 Å². The van der Waals surface area contributed by atoms with E-state index in [4.69, 9.17) is 4.74 Å². The first-order valence-electron chi connectivity index (χ1n) is 16.7. The maximum absolute atomic E-state index is 16.4. The molecule has 48 heavy (non-hydrogen) atoms. The summed E-state index contributed by atoms with van der Waals surface area (Å²) < 4.78 is 24.0. The number of ether oxygens (including phenoxy) is 1. The molecule has 0 radical (unpaired) electrons. The van der Waals surface area contributed by atoms with Crippen molar-refractivity contribution in [1.29, 1.82) is 0 Å². The van der Waals surface area contributed by atoms with Gasteiger partial charge in [0.25, 0.3) is 5.91 Å². The Labute approximate surface area is 291 Å². The Balaban J connectivity index is 1.33. The molecular weight excluding hydrogens is 693 g/mol. The van der Waals surface area contributed by atoms with E-state index >= 15 is 4.11 Å². The molecular formula is C37H43BrFN3O5Si. The number of carbonyl (C=O) groups excluding carboxylic acids is 3. The third kappa shape index (κ3) is 6.49. The second-order valence-corrected chi connectivity index (χ2v) is 18.4. The van der Waals surface area contributed by atoms with Gasteiger partial charge in [0.15, 0.2) is 5.60 Å². The fourth-order valence-electron chi connectivity index (χ4n) is 7.98. The molecule has 6 rings (SSSR count). The lowest BCUT2D eigenvalue weighted by Gasteiger charge is -2.31. The van der Waals surface area contributed by atoms with Gasteiger partial charge in [0.1, 0.15) is 0 Å². The Hall–Kier alpha value is -3.38. The van der Waals surface area contributed by atoms with Crippen LogP contribution in [-0.2, 0) is 37.8 Å². The number of anilines is 2. The summed E-state index contributed by atoms with van der Waals surface area (Å²) in [6, 6.07) is 22.9. The molecule has 3 amide bonds. The first kappa shape index (κ1) is 34.5. The highest BCUT2D eigenvalue weighted by atomic mass is 79.9. The molecule has 4 atom stereocenters. The molecule has 0 unspecified atom stereocenters. The van der Waals surface area contributed by atoms with Crippen molar-refractivity contribution in [3.05, 3.63) is 94.0 Å². The van der Waals surface area contributed by atoms with Gasteiger partial charge < -0.3 is 28.7 Å². The lowest BCUT2D eigenvalue weighted by atomic mass is 9.82. The average molecular weight is 737 g/mol. The van der Waals surface area contributed by atoms with Crippen molar-refractivity contribution in [2.24, 2.45) is 5.92 Å². The Kier molecular flexibility index (Phi) is 9.95. The SMILES string of the molecule is C[C@@H]1[C@@H]([Si](C)(C)F)[C@H](CC(=O)N(CCO)Cc2ccccc2)O[C@@]12C(=O)N(Cc1cccc(N3CCCCC3=O)c1)c1ccc(Br)cc12. The molecule has 0 aliphatic carbocycles. The molecule has 0 aromatic heterocycles. The minimum atomic E-state index is -3.50. The van der Waals surface area contributed by atoms with Crippen LogP contribution in [0.4, 0.5) is 15.5 Å². The minimum Gasteiger partial charge on any atom is -0.395 e. The van der Waals surface area contributed by atoms with E-state index in [2.05, 4.69) is 15.9 Å². The maximum atomic E-state index is 16.4. The summed E-state index contributed by atoms with van der Waals surface area (Å²) in [6.07, 6.45) is 1.43. The van der Waals surface area contributed by atoms with E-state index in [1.807, 2.05) is 84.6 Å². The smallest absolute Gasteiger partial charge is 0.264 e. The molecule has 1 spiro atoms. The molecule has 8 nitrogen and oxygen atoms in total. The number of aliphatic hydroxyl groups excluding tert-OH is 1. The van der Waals surface area contributed by atoms with Crippen molar-refractivity contribution in [3.63, 3.8) is 0 Å². The van der Waals surface area contributed by atoms with Gasteiger partial charge in [-0.2, -0.15) is 0 Å². The van der Waals surface area contributed by atoms with Crippen LogP contribution in [-0.4, -0.2) is 61.9 Å². The minimum absolute atomic E-state index is 0.101. The zero-order valence-electron chi connectivity index (χ0n) is 27.7. The average Bonchev–Trinajstić information content (AvgIpc) is 3.47.